The zero-order valence-electron chi connectivity index (χ0n) is 15.4. The first kappa shape index (κ1) is 18.9. The summed E-state index contributed by atoms with van der Waals surface area (Å²) in [7, 11) is 1.58. The number of nitriles is 1. The van der Waals surface area contributed by atoms with E-state index in [1.165, 1.54) is 11.3 Å². The minimum Gasteiger partial charge on any atom is -0.355 e. The first-order valence-corrected chi connectivity index (χ1v) is 9.71. The summed E-state index contributed by atoms with van der Waals surface area (Å²) in [6.07, 6.45) is 5.45. The smallest absolute Gasteiger partial charge is 0.266 e. The van der Waals surface area contributed by atoms with E-state index in [4.69, 9.17) is 0 Å². The van der Waals surface area contributed by atoms with E-state index in [0.29, 0.717) is 10.6 Å². The van der Waals surface area contributed by atoms with E-state index in [1.54, 1.807) is 13.1 Å². The first-order valence-electron chi connectivity index (χ1n) is 8.90. The van der Waals surface area contributed by atoms with Crippen LogP contribution < -0.4 is 10.6 Å². The molecule has 1 aliphatic carbocycles. The number of rotatable bonds is 4. The van der Waals surface area contributed by atoms with Crippen molar-refractivity contribution in [1.82, 2.24) is 5.32 Å². The summed E-state index contributed by atoms with van der Waals surface area (Å²) in [4.78, 5) is 26.2. The Hall–Kier alpha value is -2.91. The third-order valence-corrected chi connectivity index (χ3v) is 5.81. The van der Waals surface area contributed by atoms with Crippen molar-refractivity contribution in [3.05, 3.63) is 57.0 Å². The van der Waals surface area contributed by atoms with Gasteiger partial charge < -0.3 is 10.6 Å². The summed E-state index contributed by atoms with van der Waals surface area (Å²) in [6.45, 7) is 1.98. The average Bonchev–Trinajstić information content (AvgIpc) is 3.04. The highest BCUT2D eigenvalue weighted by Gasteiger charge is 2.26. The monoisotopic (exact) mass is 379 g/mol. The SMILES string of the molecule is CNC(=O)c1c(NC(=O)C(C#N)=Cc2ccc(C)cc2)sc2c1CCCC2. The molecule has 2 N–H and O–H groups in total. The Balaban J connectivity index is 1.90. The lowest BCUT2D eigenvalue weighted by Gasteiger charge is -2.12. The molecule has 1 aromatic carbocycles. The van der Waals surface area contributed by atoms with Crippen LogP contribution in [0.3, 0.4) is 0 Å². The molecule has 1 aliphatic rings. The van der Waals surface area contributed by atoms with Gasteiger partial charge in [0.05, 0.1) is 5.56 Å². The normalized spacial score (nSPS) is 13.4. The third-order valence-electron chi connectivity index (χ3n) is 4.61. The molecule has 2 aromatic rings. The Morgan fingerprint density at radius 3 is 2.56 bits per heavy atom. The van der Waals surface area contributed by atoms with Gasteiger partial charge >= 0.3 is 0 Å². The molecule has 0 saturated carbocycles. The molecule has 27 heavy (non-hydrogen) atoms. The van der Waals surface area contributed by atoms with Crippen molar-refractivity contribution >= 4 is 34.2 Å². The van der Waals surface area contributed by atoms with Crippen molar-refractivity contribution in [2.24, 2.45) is 0 Å². The predicted molar refractivity (Wildman–Crippen MR) is 108 cm³/mol. The van der Waals surface area contributed by atoms with E-state index in [0.717, 1.165) is 47.3 Å². The number of hydrogen-bond acceptors (Lipinski definition) is 4. The Morgan fingerprint density at radius 2 is 1.89 bits per heavy atom. The van der Waals surface area contributed by atoms with Crippen LogP contribution in [0.1, 0.15) is 44.8 Å². The van der Waals surface area contributed by atoms with Crippen LogP contribution in [0, 0.1) is 18.3 Å². The second-order valence-electron chi connectivity index (χ2n) is 6.53. The molecule has 3 rings (SSSR count). The lowest BCUT2D eigenvalue weighted by molar-refractivity contribution is -0.112. The Morgan fingerprint density at radius 1 is 1.19 bits per heavy atom. The molecule has 0 saturated heterocycles. The van der Waals surface area contributed by atoms with Crippen LogP contribution in [0.4, 0.5) is 5.00 Å². The Labute approximate surface area is 162 Å². The number of nitrogens with one attached hydrogen (secondary N) is 2. The number of nitrogens with zero attached hydrogens (tertiary/aromatic N) is 1. The van der Waals surface area contributed by atoms with Crippen molar-refractivity contribution in [3.8, 4) is 6.07 Å². The summed E-state index contributed by atoms with van der Waals surface area (Å²) < 4.78 is 0. The molecule has 0 aliphatic heterocycles. The molecule has 0 fully saturated rings. The van der Waals surface area contributed by atoms with Gasteiger partial charge in [-0.2, -0.15) is 5.26 Å². The van der Waals surface area contributed by atoms with Gasteiger partial charge in [-0.15, -0.1) is 11.3 Å². The zero-order chi connectivity index (χ0) is 19.4. The molecule has 1 heterocycles. The van der Waals surface area contributed by atoms with E-state index in [2.05, 4.69) is 10.6 Å². The summed E-state index contributed by atoms with van der Waals surface area (Å²) in [5.41, 5.74) is 3.46. The molecule has 0 spiro atoms. The summed E-state index contributed by atoms with van der Waals surface area (Å²) in [5.74, 6) is -0.701. The minimum absolute atomic E-state index is 0.00748. The second-order valence-corrected chi connectivity index (χ2v) is 7.63. The average molecular weight is 379 g/mol. The summed E-state index contributed by atoms with van der Waals surface area (Å²) in [5, 5.41) is 15.4. The number of carbonyl (C=O) groups is 2. The van der Waals surface area contributed by atoms with Crippen molar-refractivity contribution < 1.29 is 9.59 Å². The lowest BCUT2D eigenvalue weighted by atomic mass is 9.95. The highest BCUT2D eigenvalue weighted by Crippen LogP contribution is 2.38. The van der Waals surface area contributed by atoms with Crippen LogP contribution in [-0.4, -0.2) is 18.9 Å². The van der Waals surface area contributed by atoms with Gasteiger partial charge in [0, 0.05) is 11.9 Å². The quantitative estimate of drug-likeness (QED) is 0.625. The van der Waals surface area contributed by atoms with Crippen LogP contribution in [0.2, 0.25) is 0 Å². The number of amides is 2. The number of aryl methyl sites for hydroxylation is 2. The van der Waals surface area contributed by atoms with Gasteiger partial charge in [-0.05, 0) is 49.8 Å². The molecule has 6 heteroatoms. The maximum absolute atomic E-state index is 12.7. The number of carbonyl (C=O) groups excluding carboxylic acids is 2. The number of hydrogen-bond donors (Lipinski definition) is 2. The van der Waals surface area contributed by atoms with E-state index < -0.39 is 5.91 Å². The van der Waals surface area contributed by atoms with Crippen molar-refractivity contribution in [2.75, 3.05) is 12.4 Å². The summed E-state index contributed by atoms with van der Waals surface area (Å²) >= 11 is 1.44. The van der Waals surface area contributed by atoms with Crippen LogP contribution in [0.25, 0.3) is 6.08 Å². The van der Waals surface area contributed by atoms with E-state index in [1.807, 2.05) is 37.3 Å². The van der Waals surface area contributed by atoms with Gasteiger partial charge in [-0.1, -0.05) is 29.8 Å². The highest BCUT2D eigenvalue weighted by molar-refractivity contribution is 7.17. The molecule has 0 radical (unpaired) electrons. The second kappa shape index (κ2) is 8.19. The molecule has 2 amide bonds. The molecular weight excluding hydrogens is 358 g/mol. The van der Waals surface area contributed by atoms with E-state index in [9.17, 15) is 14.9 Å². The summed E-state index contributed by atoms with van der Waals surface area (Å²) in [6, 6.07) is 9.54. The fourth-order valence-corrected chi connectivity index (χ4v) is 4.45. The van der Waals surface area contributed by atoms with Crippen LogP contribution in [0.5, 0.6) is 0 Å². The van der Waals surface area contributed by atoms with Crippen LogP contribution >= 0.6 is 11.3 Å². The predicted octanol–water partition coefficient (Wildman–Crippen LogP) is 3.84. The Bertz CT molecular complexity index is 949. The molecule has 138 valence electrons. The van der Waals surface area contributed by atoms with Crippen molar-refractivity contribution in [1.29, 1.82) is 5.26 Å². The molecule has 0 atom stereocenters. The van der Waals surface area contributed by atoms with Gasteiger partial charge in [0.2, 0.25) is 0 Å². The standard InChI is InChI=1S/C21H21N3O2S/c1-13-7-9-14(10-8-13)11-15(12-22)19(25)24-21-18(20(26)23-2)16-5-3-4-6-17(16)27-21/h7-11H,3-6H2,1-2H3,(H,23,26)(H,24,25). The number of benzene rings is 1. The van der Waals surface area contributed by atoms with E-state index >= 15 is 0 Å². The van der Waals surface area contributed by atoms with Gasteiger partial charge in [0.1, 0.15) is 16.6 Å². The largest absolute Gasteiger partial charge is 0.355 e. The van der Waals surface area contributed by atoms with Gasteiger partial charge in [0.25, 0.3) is 11.8 Å². The van der Waals surface area contributed by atoms with Gasteiger partial charge in [-0.25, -0.2) is 0 Å². The number of anilines is 1. The van der Waals surface area contributed by atoms with Gasteiger partial charge in [0.15, 0.2) is 0 Å². The van der Waals surface area contributed by atoms with Crippen LogP contribution in [-0.2, 0) is 17.6 Å². The maximum Gasteiger partial charge on any atom is 0.266 e. The fourth-order valence-electron chi connectivity index (χ4n) is 3.17. The fraction of sp³-hybridized carbons (Fsp3) is 0.286. The number of fused-ring (bicyclic) bond motifs is 1. The highest BCUT2D eigenvalue weighted by atomic mass is 32.1. The Kier molecular flexibility index (Phi) is 5.72. The number of thiophene rings is 1. The van der Waals surface area contributed by atoms with Crippen molar-refractivity contribution in [3.63, 3.8) is 0 Å². The van der Waals surface area contributed by atoms with Crippen LogP contribution in [0.15, 0.2) is 29.8 Å². The first-order chi connectivity index (χ1) is 13.0. The minimum atomic E-state index is -0.498. The lowest BCUT2D eigenvalue weighted by Crippen LogP contribution is -2.22. The van der Waals surface area contributed by atoms with Crippen molar-refractivity contribution in [2.45, 2.75) is 32.6 Å². The maximum atomic E-state index is 12.7. The molecular formula is C21H21N3O2S. The third kappa shape index (κ3) is 4.09. The molecule has 0 unspecified atom stereocenters. The van der Waals surface area contributed by atoms with Gasteiger partial charge in [-0.3, -0.25) is 9.59 Å². The topological polar surface area (TPSA) is 82.0 Å². The van der Waals surface area contributed by atoms with E-state index in [-0.39, 0.29) is 11.5 Å². The zero-order valence-corrected chi connectivity index (χ0v) is 16.2. The molecule has 1 aromatic heterocycles. The molecule has 5 nitrogen and oxygen atoms in total. The molecule has 0 bridgehead atoms.